The van der Waals surface area contributed by atoms with E-state index in [-0.39, 0.29) is 34.2 Å². The number of ether oxygens (including phenoxy) is 2. The van der Waals surface area contributed by atoms with Gasteiger partial charge in [-0.3, -0.25) is 9.59 Å². The number of esters is 1. The fourth-order valence-corrected chi connectivity index (χ4v) is 5.36. The van der Waals surface area contributed by atoms with Gasteiger partial charge in [-0.2, -0.15) is 13.2 Å². The number of amides is 2. The Kier molecular flexibility index (Phi) is 9.77. The number of halogens is 4. The highest BCUT2D eigenvalue weighted by molar-refractivity contribution is 7.17. The molecule has 0 fully saturated rings. The summed E-state index contributed by atoms with van der Waals surface area (Å²) in [5, 5.41) is 5.43. The van der Waals surface area contributed by atoms with Gasteiger partial charge >= 0.3 is 12.1 Å². The van der Waals surface area contributed by atoms with Crippen LogP contribution in [0, 0.1) is 6.92 Å². The molecule has 4 rings (SSSR count). The normalized spacial score (nSPS) is 11.9. The van der Waals surface area contributed by atoms with Crippen LogP contribution in [-0.4, -0.2) is 30.5 Å². The molecule has 0 saturated heterocycles. The Balaban J connectivity index is 1.46. The van der Waals surface area contributed by atoms with Gasteiger partial charge in [0.05, 0.1) is 22.9 Å². The highest BCUT2D eigenvalue weighted by atomic mass is 35.5. The number of aryl methyl sites for hydroxylation is 1. The van der Waals surface area contributed by atoms with E-state index in [4.69, 9.17) is 21.1 Å². The van der Waals surface area contributed by atoms with Gasteiger partial charge in [-0.1, -0.05) is 41.9 Å². The van der Waals surface area contributed by atoms with Crippen molar-refractivity contribution in [2.24, 2.45) is 0 Å². The van der Waals surface area contributed by atoms with E-state index in [1.165, 1.54) is 42.5 Å². The van der Waals surface area contributed by atoms with Gasteiger partial charge in [0.15, 0.2) is 6.10 Å². The lowest BCUT2D eigenvalue weighted by Crippen LogP contribution is -2.30. The molecule has 2 amide bonds. The van der Waals surface area contributed by atoms with Gasteiger partial charge in [0.1, 0.15) is 16.3 Å². The molecule has 1 atom stereocenters. The third-order valence-electron chi connectivity index (χ3n) is 6.20. The van der Waals surface area contributed by atoms with Crippen molar-refractivity contribution in [1.29, 1.82) is 0 Å². The van der Waals surface area contributed by atoms with Crippen molar-refractivity contribution in [3.05, 3.63) is 99.4 Å². The van der Waals surface area contributed by atoms with Crippen LogP contribution in [0.15, 0.2) is 72.8 Å². The molecule has 224 valence electrons. The third kappa shape index (κ3) is 7.54. The summed E-state index contributed by atoms with van der Waals surface area (Å²) in [5.41, 5.74) is 0.854. The van der Waals surface area contributed by atoms with Crippen molar-refractivity contribution in [1.82, 2.24) is 0 Å². The zero-order valence-corrected chi connectivity index (χ0v) is 24.7. The van der Waals surface area contributed by atoms with E-state index in [9.17, 15) is 27.6 Å². The molecule has 0 unspecified atom stereocenters. The zero-order valence-electron chi connectivity index (χ0n) is 23.2. The van der Waals surface area contributed by atoms with Gasteiger partial charge in [-0.05, 0) is 68.8 Å². The van der Waals surface area contributed by atoms with E-state index in [1.807, 2.05) is 37.3 Å². The van der Waals surface area contributed by atoms with E-state index >= 15 is 0 Å². The number of hydrogen-bond acceptors (Lipinski definition) is 6. The summed E-state index contributed by atoms with van der Waals surface area (Å²) in [6.45, 7) is 5.14. The molecule has 1 heterocycles. The number of hydrogen-bond donors (Lipinski definition) is 2. The molecule has 0 saturated carbocycles. The molecule has 2 N–H and O–H groups in total. The van der Waals surface area contributed by atoms with Crippen LogP contribution >= 0.6 is 22.9 Å². The van der Waals surface area contributed by atoms with Gasteiger partial charge in [0, 0.05) is 16.0 Å². The molecule has 7 nitrogen and oxygen atoms in total. The number of rotatable bonds is 9. The van der Waals surface area contributed by atoms with E-state index in [2.05, 4.69) is 10.6 Å². The quantitative estimate of drug-likeness (QED) is 0.182. The fraction of sp³-hybridized carbons (Fsp3) is 0.194. The Hall–Kier alpha value is -4.35. The van der Waals surface area contributed by atoms with Crippen molar-refractivity contribution in [2.45, 2.75) is 33.1 Å². The van der Waals surface area contributed by atoms with E-state index < -0.39 is 35.6 Å². The van der Waals surface area contributed by atoms with Crippen LogP contribution < -0.4 is 15.4 Å². The average Bonchev–Trinajstić information content (AvgIpc) is 3.29. The summed E-state index contributed by atoms with van der Waals surface area (Å²) in [5.74, 6) is -1.52. The van der Waals surface area contributed by atoms with Crippen LogP contribution in [0.4, 0.5) is 23.9 Å². The number of carbonyl (C=O) groups excluding carboxylic acids is 3. The molecule has 0 spiro atoms. The molecule has 0 aliphatic carbocycles. The number of thiophene rings is 1. The summed E-state index contributed by atoms with van der Waals surface area (Å²) >= 11 is 7.22. The molecule has 3 aromatic carbocycles. The standard InChI is InChI=1S/C31H26ClF3N2O5S/c1-4-41-30(40)26-25(19-8-6-5-7-9-19)18(3)43-29(26)37-28(39)20-10-13-22(14-11-20)42-17(2)27(38)36-24-16-21(31(33,34)35)12-15-23(24)32/h5-17H,4H2,1-3H3,(H,36,38)(H,37,39)/t17-/m1/s1. The first-order chi connectivity index (χ1) is 20.4. The molecule has 12 heteroatoms. The maximum Gasteiger partial charge on any atom is 0.416 e. The molecule has 0 bridgehead atoms. The predicted molar refractivity (Wildman–Crippen MR) is 160 cm³/mol. The molecule has 0 aliphatic heterocycles. The highest BCUT2D eigenvalue weighted by Gasteiger charge is 2.31. The van der Waals surface area contributed by atoms with Crippen LogP contribution in [-0.2, 0) is 15.7 Å². The Morgan fingerprint density at radius 2 is 1.65 bits per heavy atom. The van der Waals surface area contributed by atoms with Crippen molar-refractivity contribution in [3.63, 3.8) is 0 Å². The Morgan fingerprint density at radius 1 is 0.977 bits per heavy atom. The topological polar surface area (TPSA) is 93.7 Å². The molecular formula is C31H26ClF3N2O5S. The summed E-state index contributed by atoms with van der Waals surface area (Å²) in [6, 6.07) is 17.8. The molecule has 4 aromatic rings. The average molecular weight is 631 g/mol. The number of benzene rings is 3. The highest BCUT2D eigenvalue weighted by Crippen LogP contribution is 2.40. The molecule has 0 radical (unpaired) electrons. The van der Waals surface area contributed by atoms with Crippen LogP contribution in [0.5, 0.6) is 5.75 Å². The van der Waals surface area contributed by atoms with Crippen molar-refractivity contribution < 1.29 is 37.0 Å². The first-order valence-electron chi connectivity index (χ1n) is 13.0. The first kappa shape index (κ1) is 31.6. The van der Waals surface area contributed by atoms with Crippen LogP contribution in [0.1, 0.15) is 45.0 Å². The summed E-state index contributed by atoms with van der Waals surface area (Å²) in [7, 11) is 0. The van der Waals surface area contributed by atoms with E-state index in [0.717, 1.165) is 28.6 Å². The Morgan fingerprint density at radius 3 is 2.28 bits per heavy atom. The molecular weight excluding hydrogens is 605 g/mol. The summed E-state index contributed by atoms with van der Waals surface area (Å²) in [6.07, 6.45) is -5.71. The number of anilines is 2. The van der Waals surface area contributed by atoms with Crippen molar-refractivity contribution in [2.75, 3.05) is 17.2 Å². The smallest absolute Gasteiger partial charge is 0.416 e. The lowest BCUT2D eigenvalue weighted by molar-refractivity contribution is -0.137. The molecule has 0 aliphatic rings. The van der Waals surface area contributed by atoms with Crippen molar-refractivity contribution in [3.8, 4) is 16.9 Å². The van der Waals surface area contributed by atoms with E-state index in [0.29, 0.717) is 10.6 Å². The molecule has 1 aromatic heterocycles. The van der Waals surface area contributed by atoms with Crippen LogP contribution in [0.3, 0.4) is 0 Å². The van der Waals surface area contributed by atoms with Crippen LogP contribution in [0.2, 0.25) is 5.02 Å². The van der Waals surface area contributed by atoms with Crippen molar-refractivity contribution >= 4 is 51.4 Å². The lowest BCUT2D eigenvalue weighted by atomic mass is 10.0. The number of alkyl halides is 3. The second-order valence-corrected chi connectivity index (χ2v) is 10.9. The van der Waals surface area contributed by atoms with Gasteiger partial charge in [0.2, 0.25) is 0 Å². The first-order valence-corrected chi connectivity index (χ1v) is 14.2. The maximum atomic E-state index is 13.1. The predicted octanol–water partition coefficient (Wildman–Crippen LogP) is 8.23. The van der Waals surface area contributed by atoms with E-state index in [1.54, 1.807) is 6.92 Å². The minimum atomic E-state index is -4.60. The van der Waals surface area contributed by atoms with Gasteiger partial charge in [-0.25, -0.2) is 4.79 Å². The largest absolute Gasteiger partial charge is 0.481 e. The second-order valence-electron chi connectivity index (χ2n) is 9.24. The summed E-state index contributed by atoms with van der Waals surface area (Å²) in [4.78, 5) is 39.5. The summed E-state index contributed by atoms with van der Waals surface area (Å²) < 4.78 is 50.0. The SMILES string of the molecule is CCOC(=O)c1c(NC(=O)c2ccc(O[C@H](C)C(=O)Nc3cc(C(F)(F)F)ccc3Cl)cc2)sc(C)c1-c1ccccc1. The zero-order chi connectivity index (χ0) is 31.3. The monoisotopic (exact) mass is 630 g/mol. The maximum absolute atomic E-state index is 13.1. The third-order valence-corrected chi connectivity index (χ3v) is 7.55. The molecule has 43 heavy (non-hydrogen) atoms. The Labute approximate surface area is 254 Å². The van der Waals surface area contributed by atoms with Gasteiger partial charge in [-0.15, -0.1) is 11.3 Å². The van der Waals surface area contributed by atoms with Gasteiger partial charge < -0.3 is 20.1 Å². The lowest BCUT2D eigenvalue weighted by Gasteiger charge is -2.16. The second kappa shape index (κ2) is 13.3. The van der Waals surface area contributed by atoms with Gasteiger partial charge in [0.25, 0.3) is 11.8 Å². The number of carbonyl (C=O) groups is 3. The minimum Gasteiger partial charge on any atom is -0.481 e. The fourth-order valence-electron chi connectivity index (χ4n) is 4.13. The number of nitrogens with one attached hydrogen (secondary N) is 2. The van der Waals surface area contributed by atoms with Crippen LogP contribution in [0.25, 0.3) is 11.1 Å². The minimum absolute atomic E-state index is 0.0631. The Bertz CT molecular complexity index is 1640.